The number of amides is 2. The van der Waals surface area contributed by atoms with Crippen LogP contribution in [0.2, 0.25) is 0 Å². The summed E-state index contributed by atoms with van der Waals surface area (Å²) in [4.78, 5) is 28.4. The van der Waals surface area contributed by atoms with Crippen LogP contribution in [0.5, 0.6) is 0 Å². The van der Waals surface area contributed by atoms with E-state index in [0.717, 1.165) is 26.6 Å². The minimum Gasteiger partial charge on any atom is -0.352 e. The summed E-state index contributed by atoms with van der Waals surface area (Å²) in [5.41, 5.74) is 3.92. The van der Waals surface area contributed by atoms with Crippen LogP contribution < -0.4 is 9.62 Å². The average molecular weight is 536 g/mol. The number of hydrogen-bond donors (Lipinski definition) is 1. The predicted octanol–water partition coefficient (Wildman–Crippen LogP) is 4.75. The summed E-state index contributed by atoms with van der Waals surface area (Å²) in [6.45, 7) is 10.7. The molecule has 0 aliphatic rings. The third kappa shape index (κ3) is 7.22. The van der Waals surface area contributed by atoms with Crippen molar-refractivity contribution in [1.82, 2.24) is 10.2 Å². The molecule has 1 N–H and O–H groups in total. The van der Waals surface area contributed by atoms with Gasteiger partial charge in [0.1, 0.15) is 12.6 Å². The molecule has 7 nitrogen and oxygen atoms in total. The molecule has 0 saturated carbocycles. The molecular weight excluding hydrogens is 498 g/mol. The van der Waals surface area contributed by atoms with Gasteiger partial charge >= 0.3 is 0 Å². The molecule has 0 bridgehead atoms. The second-order valence-electron chi connectivity index (χ2n) is 10.0. The Labute approximate surface area is 226 Å². The molecule has 0 aliphatic heterocycles. The van der Waals surface area contributed by atoms with Gasteiger partial charge in [-0.05, 0) is 82.5 Å². The van der Waals surface area contributed by atoms with Gasteiger partial charge in [0.15, 0.2) is 0 Å². The minimum atomic E-state index is -4.09. The maximum atomic E-state index is 13.9. The number of sulfonamides is 1. The van der Waals surface area contributed by atoms with E-state index < -0.39 is 28.5 Å². The first-order valence-electron chi connectivity index (χ1n) is 12.7. The van der Waals surface area contributed by atoms with E-state index in [1.807, 2.05) is 71.0 Å². The van der Waals surface area contributed by atoms with Crippen LogP contribution in [-0.4, -0.2) is 43.8 Å². The molecule has 0 spiro atoms. The van der Waals surface area contributed by atoms with E-state index in [1.54, 1.807) is 43.3 Å². The Morgan fingerprint density at radius 1 is 0.816 bits per heavy atom. The van der Waals surface area contributed by atoms with Crippen molar-refractivity contribution in [2.75, 3.05) is 10.8 Å². The second-order valence-corrected chi connectivity index (χ2v) is 11.9. The summed E-state index contributed by atoms with van der Waals surface area (Å²) >= 11 is 0. The summed E-state index contributed by atoms with van der Waals surface area (Å²) in [5, 5.41) is 2.86. The first-order valence-corrected chi connectivity index (χ1v) is 14.1. The number of benzene rings is 3. The van der Waals surface area contributed by atoms with Gasteiger partial charge in [0.05, 0.1) is 10.6 Å². The lowest BCUT2D eigenvalue weighted by Gasteiger charge is -2.32. The zero-order valence-corrected chi connectivity index (χ0v) is 23.7. The normalized spacial score (nSPS) is 12.2. The smallest absolute Gasteiger partial charge is 0.264 e. The standard InChI is InChI=1S/C30H37N3O4S/c1-21(2)31-30(35)25(6)32(19-26-10-8-7-9-11-26)29(34)20-33(27-17-23(4)16-24(5)18-27)38(36,37)28-14-12-22(3)13-15-28/h7-18,21,25H,19-20H2,1-6H3,(H,31,35)/t25-/m1/s1. The number of carbonyl (C=O) groups is 2. The Hall–Kier alpha value is -3.65. The fraction of sp³-hybridized carbons (Fsp3) is 0.333. The highest BCUT2D eigenvalue weighted by atomic mass is 32.2. The van der Waals surface area contributed by atoms with Gasteiger partial charge in [-0.25, -0.2) is 8.42 Å². The van der Waals surface area contributed by atoms with Crippen LogP contribution in [0.1, 0.15) is 43.0 Å². The van der Waals surface area contributed by atoms with Crippen molar-refractivity contribution in [1.29, 1.82) is 0 Å². The van der Waals surface area contributed by atoms with E-state index in [-0.39, 0.29) is 23.4 Å². The number of nitrogens with zero attached hydrogens (tertiary/aromatic N) is 2. The van der Waals surface area contributed by atoms with E-state index in [4.69, 9.17) is 0 Å². The lowest BCUT2D eigenvalue weighted by Crippen LogP contribution is -2.52. The quantitative estimate of drug-likeness (QED) is 0.406. The monoisotopic (exact) mass is 535 g/mol. The summed E-state index contributed by atoms with van der Waals surface area (Å²) < 4.78 is 29.0. The van der Waals surface area contributed by atoms with Crippen LogP contribution >= 0.6 is 0 Å². The van der Waals surface area contributed by atoms with E-state index >= 15 is 0 Å². The van der Waals surface area contributed by atoms with Gasteiger partial charge in [-0.3, -0.25) is 13.9 Å². The molecule has 0 aliphatic carbocycles. The third-order valence-electron chi connectivity index (χ3n) is 6.18. The van der Waals surface area contributed by atoms with Crippen LogP contribution in [0.3, 0.4) is 0 Å². The van der Waals surface area contributed by atoms with Crippen molar-refractivity contribution >= 4 is 27.5 Å². The highest BCUT2D eigenvalue weighted by molar-refractivity contribution is 7.92. The van der Waals surface area contributed by atoms with Gasteiger partial charge in [0.2, 0.25) is 11.8 Å². The van der Waals surface area contributed by atoms with Crippen molar-refractivity contribution < 1.29 is 18.0 Å². The fourth-order valence-corrected chi connectivity index (χ4v) is 5.63. The summed E-state index contributed by atoms with van der Waals surface area (Å²) in [7, 11) is -4.09. The SMILES string of the molecule is Cc1ccc(S(=O)(=O)N(CC(=O)N(Cc2ccccc2)[C@H](C)C(=O)NC(C)C)c2cc(C)cc(C)c2)cc1. The molecule has 0 unspecified atom stereocenters. The van der Waals surface area contributed by atoms with Crippen molar-refractivity contribution in [3.63, 3.8) is 0 Å². The van der Waals surface area contributed by atoms with Crippen LogP contribution in [-0.2, 0) is 26.2 Å². The largest absolute Gasteiger partial charge is 0.352 e. The molecule has 3 rings (SSSR count). The van der Waals surface area contributed by atoms with Gasteiger partial charge in [0, 0.05) is 12.6 Å². The maximum absolute atomic E-state index is 13.9. The lowest BCUT2D eigenvalue weighted by atomic mass is 10.1. The number of nitrogens with one attached hydrogen (secondary N) is 1. The third-order valence-corrected chi connectivity index (χ3v) is 7.96. The Morgan fingerprint density at radius 2 is 1.39 bits per heavy atom. The zero-order valence-electron chi connectivity index (χ0n) is 22.9. The Balaban J connectivity index is 2.05. The second kappa shape index (κ2) is 12.3. The molecule has 0 heterocycles. The molecule has 2 amide bonds. The number of carbonyl (C=O) groups excluding carboxylic acids is 2. The molecule has 0 aromatic heterocycles. The van der Waals surface area contributed by atoms with Gasteiger partial charge in [-0.1, -0.05) is 54.1 Å². The zero-order chi connectivity index (χ0) is 28.0. The highest BCUT2D eigenvalue weighted by Gasteiger charge is 2.32. The number of anilines is 1. The lowest BCUT2D eigenvalue weighted by molar-refractivity contribution is -0.139. The number of rotatable bonds is 10. The van der Waals surface area contributed by atoms with E-state index in [2.05, 4.69) is 5.32 Å². The van der Waals surface area contributed by atoms with Gasteiger partial charge < -0.3 is 10.2 Å². The molecular formula is C30H37N3O4S. The van der Waals surface area contributed by atoms with Gasteiger partial charge in [-0.2, -0.15) is 0 Å². The summed E-state index contributed by atoms with van der Waals surface area (Å²) in [6, 6.07) is 20.4. The Kier molecular flexibility index (Phi) is 9.33. The highest BCUT2D eigenvalue weighted by Crippen LogP contribution is 2.27. The van der Waals surface area contributed by atoms with Gasteiger partial charge in [0.25, 0.3) is 10.0 Å². The topological polar surface area (TPSA) is 86.8 Å². The van der Waals surface area contributed by atoms with Crippen molar-refractivity contribution in [2.24, 2.45) is 0 Å². The number of hydrogen-bond acceptors (Lipinski definition) is 4. The Morgan fingerprint density at radius 3 is 1.95 bits per heavy atom. The molecule has 38 heavy (non-hydrogen) atoms. The Bertz CT molecular complexity index is 1350. The minimum absolute atomic E-state index is 0.0928. The molecule has 0 fully saturated rings. The first-order chi connectivity index (χ1) is 17.9. The molecule has 0 saturated heterocycles. The molecule has 3 aromatic carbocycles. The van der Waals surface area contributed by atoms with E-state index in [9.17, 15) is 18.0 Å². The van der Waals surface area contributed by atoms with Crippen LogP contribution in [0.15, 0.2) is 77.7 Å². The first kappa shape index (κ1) is 28.9. The summed E-state index contributed by atoms with van der Waals surface area (Å²) in [6.07, 6.45) is 0. The summed E-state index contributed by atoms with van der Waals surface area (Å²) in [5.74, 6) is -0.779. The van der Waals surface area contributed by atoms with E-state index in [1.165, 1.54) is 4.90 Å². The molecule has 0 radical (unpaired) electrons. The van der Waals surface area contributed by atoms with Gasteiger partial charge in [-0.15, -0.1) is 0 Å². The molecule has 1 atom stereocenters. The molecule has 202 valence electrons. The fourth-order valence-electron chi connectivity index (χ4n) is 4.23. The van der Waals surface area contributed by atoms with Crippen molar-refractivity contribution in [2.45, 2.75) is 65.1 Å². The van der Waals surface area contributed by atoms with Crippen LogP contribution in [0.25, 0.3) is 0 Å². The van der Waals surface area contributed by atoms with Crippen molar-refractivity contribution in [3.05, 3.63) is 95.1 Å². The maximum Gasteiger partial charge on any atom is 0.264 e. The number of aryl methyl sites for hydroxylation is 3. The van der Waals surface area contributed by atoms with E-state index in [0.29, 0.717) is 5.69 Å². The molecule has 3 aromatic rings. The van der Waals surface area contributed by atoms with Crippen LogP contribution in [0.4, 0.5) is 5.69 Å². The predicted molar refractivity (Wildman–Crippen MR) is 151 cm³/mol. The average Bonchev–Trinajstić information content (AvgIpc) is 2.85. The van der Waals surface area contributed by atoms with Crippen molar-refractivity contribution in [3.8, 4) is 0 Å². The van der Waals surface area contributed by atoms with Crippen LogP contribution in [0, 0.1) is 20.8 Å². The molecule has 8 heteroatoms.